The number of alkyl halides is 3. The molecule has 0 rings (SSSR count). The van der Waals surface area contributed by atoms with Crippen LogP contribution in [0.3, 0.4) is 0 Å². The number of rotatable bonds is 17. The summed E-state index contributed by atoms with van der Waals surface area (Å²) in [5.41, 5.74) is 0. The van der Waals surface area contributed by atoms with Crippen LogP contribution in [0.4, 0.5) is 13.2 Å². The molecule has 0 aliphatic rings. The Morgan fingerprint density at radius 2 is 1.62 bits per heavy atom. The van der Waals surface area contributed by atoms with Crippen molar-refractivity contribution in [3.63, 3.8) is 0 Å². The van der Waals surface area contributed by atoms with Gasteiger partial charge in [-0.25, -0.2) is 4.67 Å². The summed E-state index contributed by atoms with van der Waals surface area (Å²) in [6, 6.07) is 0.368. The molecule has 2 N–H and O–H groups in total. The molecule has 11 heteroatoms. The van der Waals surface area contributed by atoms with Crippen molar-refractivity contribution in [2.24, 2.45) is 0 Å². The highest BCUT2D eigenvalue weighted by Gasteiger charge is 2.38. The van der Waals surface area contributed by atoms with E-state index in [0.717, 1.165) is 6.42 Å². The van der Waals surface area contributed by atoms with E-state index < -0.39 is 20.6 Å². The van der Waals surface area contributed by atoms with E-state index in [4.69, 9.17) is 9.05 Å². The number of nitrogens with zero attached hydrogens (tertiary/aromatic N) is 1. The highest BCUT2D eigenvalue weighted by Crippen LogP contribution is 2.46. The summed E-state index contributed by atoms with van der Waals surface area (Å²) in [6.45, 7) is 13.3. The first-order valence-corrected chi connectivity index (χ1v) is 12.6. The maximum atomic E-state index is 12.2. The van der Waals surface area contributed by atoms with Gasteiger partial charge in [-0.2, -0.15) is 13.2 Å². The fraction of sp³-hybridized carbons (Fsp3) is 0.905. The van der Waals surface area contributed by atoms with Crippen molar-refractivity contribution in [3.05, 3.63) is 0 Å². The van der Waals surface area contributed by atoms with Gasteiger partial charge in [-0.05, 0) is 53.4 Å². The molecule has 0 aliphatic carbocycles. The summed E-state index contributed by atoms with van der Waals surface area (Å²) in [6.07, 6.45) is -1.53. The van der Waals surface area contributed by atoms with Gasteiger partial charge >= 0.3 is 12.1 Å². The Hall–Kier alpha value is -0.960. The van der Waals surface area contributed by atoms with Crippen LogP contribution in [0.2, 0.25) is 0 Å². The van der Waals surface area contributed by atoms with E-state index in [1.807, 2.05) is 19.2 Å². The first-order chi connectivity index (χ1) is 14.9. The van der Waals surface area contributed by atoms with Crippen LogP contribution < -0.4 is 10.6 Å². The first-order valence-electron chi connectivity index (χ1n) is 11.4. The zero-order chi connectivity index (χ0) is 24.7. The summed E-state index contributed by atoms with van der Waals surface area (Å²) < 4.78 is 50.6. The van der Waals surface area contributed by atoms with Crippen molar-refractivity contribution < 1.29 is 31.8 Å². The van der Waals surface area contributed by atoms with E-state index in [1.165, 1.54) is 0 Å². The van der Waals surface area contributed by atoms with Gasteiger partial charge in [0.05, 0.1) is 19.3 Å². The van der Waals surface area contributed by atoms with E-state index in [0.29, 0.717) is 38.9 Å². The lowest BCUT2D eigenvalue weighted by molar-refractivity contribution is -0.173. The summed E-state index contributed by atoms with van der Waals surface area (Å²) in [5.74, 6) is -2.06. The summed E-state index contributed by atoms with van der Waals surface area (Å²) >= 11 is 0. The molecule has 0 radical (unpaired) electrons. The second-order valence-corrected chi connectivity index (χ2v) is 9.63. The third-order valence-electron chi connectivity index (χ3n) is 4.52. The molecule has 0 heterocycles. The lowest BCUT2D eigenvalue weighted by Crippen LogP contribution is -2.39. The molecular weight excluding hydrogens is 446 g/mol. The van der Waals surface area contributed by atoms with Crippen LogP contribution in [0.5, 0.6) is 0 Å². The molecule has 0 saturated carbocycles. The largest absolute Gasteiger partial charge is 0.471 e. The number of carbonyl (C=O) groups is 2. The molecule has 0 aromatic carbocycles. The van der Waals surface area contributed by atoms with E-state index in [2.05, 4.69) is 37.7 Å². The molecule has 0 aromatic heterocycles. The molecular formula is C21H41F3N3O4P. The molecule has 0 aliphatic heterocycles. The topological polar surface area (TPSA) is 79.9 Å². The fourth-order valence-corrected chi connectivity index (χ4v) is 4.66. The van der Waals surface area contributed by atoms with E-state index >= 15 is 0 Å². The second-order valence-electron chi connectivity index (χ2n) is 8.17. The lowest BCUT2D eigenvalue weighted by atomic mass is 10.1. The van der Waals surface area contributed by atoms with Crippen molar-refractivity contribution in [1.29, 1.82) is 0 Å². The highest BCUT2D eigenvalue weighted by molar-refractivity contribution is 7.44. The molecule has 2 unspecified atom stereocenters. The first kappa shape index (κ1) is 31.0. The predicted molar refractivity (Wildman–Crippen MR) is 121 cm³/mol. The van der Waals surface area contributed by atoms with Crippen molar-refractivity contribution in [3.8, 4) is 0 Å². The lowest BCUT2D eigenvalue weighted by Gasteiger charge is -2.36. The van der Waals surface area contributed by atoms with Crippen LogP contribution in [-0.4, -0.2) is 60.5 Å². The molecule has 0 fully saturated rings. The van der Waals surface area contributed by atoms with Gasteiger partial charge < -0.3 is 19.7 Å². The zero-order valence-electron chi connectivity index (χ0n) is 20.3. The van der Waals surface area contributed by atoms with Gasteiger partial charge in [0.2, 0.25) is 5.91 Å². The Morgan fingerprint density at radius 1 is 1.00 bits per heavy atom. The van der Waals surface area contributed by atoms with E-state index in [1.54, 1.807) is 0 Å². The molecule has 32 heavy (non-hydrogen) atoms. The SMILES string of the molecule is CCCOP(OCC(CC)NC(=O)CCCCCNC(=O)C(F)(F)F)N(C(C)C)C(C)C. The smallest absolute Gasteiger partial charge is 0.351 e. The third kappa shape index (κ3) is 13.6. The van der Waals surface area contributed by atoms with Gasteiger partial charge in [0.1, 0.15) is 0 Å². The van der Waals surface area contributed by atoms with E-state index in [9.17, 15) is 22.8 Å². The number of amides is 2. The minimum atomic E-state index is -4.86. The molecule has 0 spiro atoms. The van der Waals surface area contributed by atoms with Crippen LogP contribution in [0.1, 0.15) is 80.1 Å². The van der Waals surface area contributed by atoms with Crippen LogP contribution in [0.25, 0.3) is 0 Å². The van der Waals surface area contributed by atoms with Crippen molar-refractivity contribution in [2.75, 3.05) is 19.8 Å². The number of halogens is 3. The summed E-state index contributed by atoms with van der Waals surface area (Å²) in [5, 5.41) is 4.78. The molecule has 7 nitrogen and oxygen atoms in total. The number of hydrogen-bond acceptors (Lipinski definition) is 5. The fourth-order valence-electron chi connectivity index (χ4n) is 2.92. The normalized spacial score (nSPS) is 14.1. The quantitative estimate of drug-likeness (QED) is 0.225. The Bertz CT molecular complexity index is 529. The molecule has 2 atom stereocenters. The van der Waals surface area contributed by atoms with Crippen molar-refractivity contribution in [2.45, 2.75) is 104 Å². The zero-order valence-corrected chi connectivity index (χ0v) is 21.2. The number of nitrogens with one attached hydrogen (secondary N) is 2. The van der Waals surface area contributed by atoms with Gasteiger partial charge in [0.25, 0.3) is 8.53 Å². The van der Waals surface area contributed by atoms with Gasteiger partial charge in [-0.1, -0.05) is 20.3 Å². The van der Waals surface area contributed by atoms with Crippen LogP contribution in [0.15, 0.2) is 0 Å². The molecule has 0 bridgehead atoms. The molecule has 2 amide bonds. The minimum Gasteiger partial charge on any atom is -0.351 e. The average molecular weight is 488 g/mol. The number of hydrogen-bond donors (Lipinski definition) is 2. The van der Waals surface area contributed by atoms with Gasteiger partial charge in [-0.15, -0.1) is 0 Å². The highest BCUT2D eigenvalue weighted by atomic mass is 31.2. The Labute approximate surface area is 192 Å². The van der Waals surface area contributed by atoms with Crippen LogP contribution in [0, 0.1) is 0 Å². The summed E-state index contributed by atoms with van der Waals surface area (Å²) in [4.78, 5) is 23.0. The number of carbonyl (C=O) groups excluding carboxylic acids is 2. The van der Waals surface area contributed by atoms with E-state index in [-0.39, 0.29) is 37.0 Å². The van der Waals surface area contributed by atoms with Gasteiger partial charge in [0, 0.05) is 25.0 Å². The Balaban J connectivity index is 4.39. The monoisotopic (exact) mass is 487 g/mol. The third-order valence-corrected chi connectivity index (χ3v) is 6.59. The standard InChI is InChI=1S/C21H41F3N3O4P/c1-7-14-30-32(27(16(3)4)17(5)6)31-15-18(8-2)26-19(28)12-10-9-11-13-25-20(29)21(22,23)24/h16-18H,7-15H2,1-6H3,(H,25,29)(H,26,28). The van der Waals surface area contributed by atoms with Crippen LogP contribution >= 0.6 is 8.53 Å². The molecule has 190 valence electrons. The maximum Gasteiger partial charge on any atom is 0.471 e. The summed E-state index contributed by atoms with van der Waals surface area (Å²) in [7, 11) is -1.24. The van der Waals surface area contributed by atoms with Crippen LogP contribution in [-0.2, 0) is 18.6 Å². The number of unbranched alkanes of at least 4 members (excludes halogenated alkanes) is 2. The predicted octanol–water partition coefficient (Wildman–Crippen LogP) is 4.91. The molecule has 0 aromatic rings. The minimum absolute atomic E-state index is 0.0606. The van der Waals surface area contributed by atoms with Crippen molar-refractivity contribution in [1.82, 2.24) is 15.3 Å². The Morgan fingerprint density at radius 3 is 2.12 bits per heavy atom. The second kappa shape index (κ2) is 16.6. The Kier molecular flexibility index (Phi) is 16.1. The van der Waals surface area contributed by atoms with Gasteiger partial charge in [0.15, 0.2) is 0 Å². The molecule has 0 saturated heterocycles. The van der Waals surface area contributed by atoms with Gasteiger partial charge in [-0.3, -0.25) is 9.59 Å². The van der Waals surface area contributed by atoms with Crippen molar-refractivity contribution >= 4 is 20.3 Å². The average Bonchev–Trinajstić information content (AvgIpc) is 2.69. The maximum absolute atomic E-state index is 12.2.